The Labute approximate surface area is 213 Å². The number of nitrogens with zero attached hydrogens (tertiary/aromatic N) is 3. The van der Waals surface area contributed by atoms with Crippen molar-refractivity contribution in [2.24, 2.45) is 0 Å². The molecule has 1 amide bonds. The summed E-state index contributed by atoms with van der Waals surface area (Å²) in [5.41, 5.74) is 8.44. The maximum absolute atomic E-state index is 13.7. The second kappa shape index (κ2) is 9.87. The SMILES string of the molecule is COC(=O)c1ccc(C2Nn3c(nnc3-c3ccccc3)SC2C(=O)Nc2c(C)cccc2C)cc1. The molecule has 1 aliphatic rings. The van der Waals surface area contributed by atoms with Crippen molar-refractivity contribution >= 4 is 29.3 Å². The Morgan fingerprint density at radius 2 is 1.64 bits per heavy atom. The number of thioether (sulfide) groups is 1. The number of benzene rings is 3. The number of fused-ring (bicyclic) bond motifs is 1. The normalized spacial score (nSPS) is 16.5. The number of anilines is 1. The summed E-state index contributed by atoms with van der Waals surface area (Å²) in [6, 6.07) is 22.3. The third-order valence-corrected chi connectivity index (χ3v) is 7.36. The summed E-state index contributed by atoms with van der Waals surface area (Å²) in [5.74, 6) is 0.0923. The van der Waals surface area contributed by atoms with Crippen LogP contribution in [0, 0.1) is 13.8 Å². The second-order valence-corrected chi connectivity index (χ2v) is 9.63. The number of ether oxygens (including phenoxy) is 1. The fourth-order valence-corrected chi connectivity index (χ4v) is 5.31. The lowest BCUT2D eigenvalue weighted by molar-refractivity contribution is -0.116. The molecule has 36 heavy (non-hydrogen) atoms. The summed E-state index contributed by atoms with van der Waals surface area (Å²) in [6.45, 7) is 3.95. The predicted molar refractivity (Wildman–Crippen MR) is 140 cm³/mol. The molecule has 0 spiro atoms. The third-order valence-electron chi connectivity index (χ3n) is 6.15. The number of rotatable bonds is 5. The number of hydrogen-bond donors (Lipinski definition) is 2. The largest absolute Gasteiger partial charge is 0.465 e. The Kier molecular flexibility index (Phi) is 6.47. The number of aromatic nitrogens is 3. The van der Waals surface area contributed by atoms with Crippen molar-refractivity contribution in [3.63, 3.8) is 0 Å². The molecule has 8 nitrogen and oxygen atoms in total. The number of methoxy groups -OCH3 is 1. The first-order valence-corrected chi connectivity index (χ1v) is 12.3. The summed E-state index contributed by atoms with van der Waals surface area (Å²) in [5, 5.41) is 11.9. The van der Waals surface area contributed by atoms with E-state index in [4.69, 9.17) is 4.74 Å². The van der Waals surface area contributed by atoms with Gasteiger partial charge in [0.15, 0.2) is 5.82 Å². The zero-order valence-corrected chi connectivity index (χ0v) is 20.9. The summed E-state index contributed by atoms with van der Waals surface area (Å²) >= 11 is 1.35. The second-order valence-electron chi connectivity index (χ2n) is 8.52. The molecule has 0 fully saturated rings. The molecule has 9 heteroatoms. The van der Waals surface area contributed by atoms with Crippen LogP contribution in [0.3, 0.4) is 0 Å². The standard InChI is InChI=1S/C27H25N5O3S/c1-16-8-7-9-17(2)21(16)28-25(33)23-22(18-12-14-20(15-13-18)26(34)35-3)31-32-24(29-30-27(32)36-23)19-10-5-4-6-11-19/h4-15,22-23,31H,1-3H3,(H,28,33). The summed E-state index contributed by atoms with van der Waals surface area (Å²) in [6.07, 6.45) is 0. The Hall–Kier alpha value is -4.11. The van der Waals surface area contributed by atoms with Gasteiger partial charge < -0.3 is 15.5 Å². The molecule has 1 aromatic heterocycles. The van der Waals surface area contributed by atoms with E-state index in [2.05, 4.69) is 20.9 Å². The highest BCUT2D eigenvalue weighted by atomic mass is 32.2. The number of para-hydroxylation sites is 1. The first-order chi connectivity index (χ1) is 17.5. The van der Waals surface area contributed by atoms with Crippen LogP contribution in [0.5, 0.6) is 0 Å². The van der Waals surface area contributed by atoms with Gasteiger partial charge in [-0.15, -0.1) is 10.2 Å². The molecule has 2 N–H and O–H groups in total. The first-order valence-electron chi connectivity index (χ1n) is 11.5. The van der Waals surface area contributed by atoms with Crippen molar-refractivity contribution in [2.75, 3.05) is 17.9 Å². The van der Waals surface area contributed by atoms with Gasteiger partial charge in [-0.2, -0.15) is 0 Å². The van der Waals surface area contributed by atoms with Crippen LogP contribution < -0.4 is 10.7 Å². The minimum Gasteiger partial charge on any atom is -0.465 e. The molecule has 0 saturated carbocycles. The molecule has 2 heterocycles. The zero-order chi connectivity index (χ0) is 25.2. The van der Waals surface area contributed by atoms with Gasteiger partial charge in [0.05, 0.1) is 18.7 Å². The molecule has 0 radical (unpaired) electrons. The zero-order valence-electron chi connectivity index (χ0n) is 20.1. The molecule has 3 aromatic carbocycles. The van der Waals surface area contributed by atoms with Gasteiger partial charge in [-0.1, -0.05) is 72.4 Å². The van der Waals surface area contributed by atoms with Gasteiger partial charge in [0.2, 0.25) is 11.1 Å². The number of hydrogen-bond acceptors (Lipinski definition) is 7. The lowest BCUT2D eigenvalue weighted by atomic mass is 10.0. The van der Waals surface area contributed by atoms with Crippen molar-refractivity contribution in [3.8, 4) is 11.4 Å². The van der Waals surface area contributed by atoms with E-state index in [-0.39, 0.29) is 5.91 Å². The summed E-state index contributed by atoms with van der Waals surface area (Å²) in [7, 11) is 1.35. The minimum atomic E-state index is -0.548. The van der Waals surface area contributed by atoms with E-state index >= 15 is 0 Å². The molecule has 2 atom stereocenters. The van der Waals surface area contributed by atoms with E-state index in [9.17, 15) is 9.59 Å². The molecule has 2 unspecified atom stereocenters. The van der Waals surface area contributed by atoms with Crippen molar-refractivity contribution in [2.45, 2.75) is 30.3 Å². The molecule has 0 saturated heterocycles. The number of aryl methyl sites for hydroxylation is 2. The van der Waals surface area contributed by atoms with E-state index in [0.29, 0.717) is 16.5 Å². The molecule has 0 aliphatic carbocycles. The Balaban J connectivity index is 1.53. The molecular weight excluding hydrogens is 474 g/mol. The molecule has 4 aromatic rings. The van der Waals surface area contributed by atoms with E-state index in [1.54, 1.807) is 12.1 Å². The van der Waals surface area contributed by atoms with Crippen molar-refractivity contribution in [3.05, 3.63) is 95.1 Å². The lowest BCUT2D eigenvalue weighted by Gasteiger charge is -2.33. The monoisotopic (exact) mass is 499 g/mol. The van der Waals surface area contributed by atoms with Crippen LogP contribution >= 0.6 is 11.8 Å². The predicted octanol–water partition coefficient (Wildman–Crippen LogP) is 4.75. The highest BCUT2D eigenvalue weighted by Gasteiger charge is 2.38. The van der Waals surface area contributed by atoms with Crippen molar-refractivity contribution in [1.29, 1.82) is 0 Å². The van der Waals surface area contributed by atoms with Crippen LogP contribution in [0.1, 0.15) is 33.1 Å². The van der Waals surface area contributed by atoms with Gasteiger partial charge in [0, 0.05) is 11.3 Å². The first kappa shape index (κ1) is 23.6. The Morgan fingerprint density at radius 3 is 2.31 bits per heavy atom. The third kappa shape index (κ3) is 4.45. The minimum absolute atomic E-state index is 0.151. The van der Waals surface area contributed by atoms with Gasteiger partial charge in [-0.05, 0) is 42.7 Å². The maximum atomic E-state index is 13.7. The van der Waals surface area contributed by atoms with Gasteiger partial charge in [-0.25, -0.2) is 9.47 Å². The maximum Gasteiger partial charge on any atom is 0.337 e. The molecule has 5 rings (SSSR count). The van der Waals surface area contributed by atoms with Gasteiger partial charge >= 0.3 is 5.97 Å². The van der Waals surface area contributed by atoms with Crippen LogP contribution in [-0.4, -0.2) is 39.1 Å². The molecular formula is C27H25N5O3S. The van der Waals surface area contributed by atoms with Gasteiger partial charge in [0.25, 0.3) is 0 Å². The van der Waals surface area contributed by atoms with Crippen LogP contribution in [0.4, 0.5) is 5.69 Å². The lowest BCUT2D eigenvalue weighted by Crippen LogP contribution is -2.41. The number of nitrogens with one attached hydrogen (secondary N) is 2. The van der Waals surface area contributed by atoms with Crippen LogP contribution in [0.15, 0.2) is 78.0 Å². The fourth-order valence-electron chi connectivity index (χ4n) is 4.23. The van der Waals surface area contributed by atoms with E-state index in [1.165, 1.54) is 18.9 Å². The van der Waals surface area contributed by atoms with Crippen LogP contribution in [0.2, 0.25) is 0 Å². The summed E-state index contributed by atoms with van der Waals surface area (Å²) in [4.78, 5) is 25.6. The Bertz CT molecular complexity index is 1400. The fraction of sp³-hybridized carbons (Fsp3) is 0.185. The van der Waals surface area contributed by atoms with Gasteiger partial charge in [0.1, 0.15) is 5.25 Å². The summed E-state index contributed by atoms with van der Waals surface area (Å²) < 4.78 is 6.65. The van der Waals surface area contributed by atoms with Crippen molar-refractivity contribution < 1.29 is 14.3 Å². The number of esters is 1. The van der Waals surface area contributed by atoms with Crippen LogP contribution in [0.25, 0.3) is 11.4 Å². The van der Waals surface area contributed by atoms with Crippen molar-refractivity contribution in [1.82, 2.24) is 14.9 Å². The molecule has 182 valence electrons. The Morgan fingerprint density at radius 1 is 0.944 bits per heavy atom. The van der Waals surface area contributed by atoms with Crippen LogP contribution in [-0.2, 0) is 9.53 Å². The van der Waals surface area contributed by atoms with E-state index < -0.39 is 17.3 Å². The topological polar surface area (TPSA) is 98.1 Å². The number of carbonyl (C=O) groups is 2. The molecule has 1 aliphatic heterocycles. The molecule has 0 bridgehead atoms. The van der Waals surface area contributed by atoms with E-state index in [1.807, 2.05) is 79.2 Å². The average Bonchev–Trinajstić information content (AvgIpc) is 3.33. The number of carbonyl (C=O) groups excluding carboxylic acids is 2. The smallest absolute Gasteiger partial charge is 0.337 e. The quantitative estimate of drug-likeness (QED) is 0.383. The highest BCUT2D eigenvalue weighted by molar-refractivity contribution is 8.00. The average molecular weight is 500 g/mol. The number of amides is 1. The highest BCUT2D eigenvalue weighted by Crippen LogP contribution is 2.39. The van der Waals surface area contributed by atoms with E-state index in [0.717, 1.165) is 27.9 Å². The van der Waals surface area contributed by atoms with Gasteiger partial charge in [-0.3, -0.25) is 4.79 Å².